The molecule has 0 bridgehead atoms. The average Bonchev–Trinajstić information content (AvgIpc) is 3.51. The molecule has 0 saturated carbocycles. The van der Waals surface area contributed by atoms with Crippen LogP contribution in [-0.4, -0.2) is 55.5 Å². The number of fused-ring (bicyclic) bond motifs is 1. The van der Waals surface area contributed by atoms with Gasteiger partial charge in [0, 0.05) is 41.5 Å². The largest absolute Gasteiger partial charge is 0.493 e. The van der Waals surface area contributed by atoms with Gasteiger partial charge in [0.1, 0.15) is 11.6 Å². The number of hydrazone groups is 1. The number of ether oxygens (including phenoxy) is 3. The zero-order valence-electron chi connectivity index (χ0n) is 23.4. The molecule has 2 amide bonds. The second-order valence-electron chi connectivity index (χ2n) is 9.82. The Morgan fingerprint density at radius 1 is 1.05 bits per heavy atom. The van der Waals surface area contributed by atoms with Crippen molar-refractivity contribution in [2.75, 3.05) is 38.7 Å². The second kappa shape index (κ2) is 14.1. The van der Waals surface area contributed by atoms with Gasteiger partial charge in [-0.2, -0.15) is 5.10 Å². The fraction of sp³-hybridized carbons (Fsp3) is 0.258. The van der Waals surface area contributed by atoms with E-state index >= 15 is 0 Å². The van der Waals surface area contributed by atoms with Crippen LogP contribution in [0.25, 0.3) is 10.9 Å². The van der Waals surface area contributed by atoms with Crippen molar-refractivity contribution in [1.82, 2.24) is 15.3 Å². The topological polar surface area (TPSA) is 97.3 Å². The first kappa shape index (κ1) is 30.0. The van der Waals surface area contributed by atoms with Crippen LogP contribution in [-0.2, 0) is 0 Å². The van der Waals surface area contributed by atoms with E-state index < -0.39 is 17.7 Å². The lowest BCUT2D eigenvalue weighted by atomic mass is 10.1. The zero-order chi connectivity index (χ0) is 30.2. The lowest BCUT2D eigenvalue weighted by molar-refractivity contribution is 0.252. The van der Waals surface area contributed by atoms with Gasteiger partial charge in [-0.1, -0.05) is 11.6 Å². The van der Waals surface area contributed by atoms with Gasteiger partial charge in [-0.05, 0) is 74.8 Å². The Morgan fingerprint density at radius 3 is 2.65 bits per heavy atom. The van der Waals surface area contributed by atoms with E-state index in [0.29, 0.717) is 40.3 Å². The molecule has 5 rings (SSSR count). The highest BCUT2D eigenvalue weighted by molar-refractivity contribution is 6.33. The molecule has 3 aromatic carbocycles. The van der Waals surface area contributed by atoms with E-state index in [-0.39, 0.29) is 16.5 Å². The van der Waals surface area contributed by atoms with Gasteiger partial charge in [0.2, 0.25) is 0 Å². The first-order chi connectivity index (χ1) is 20.9. The molecule has 9 nitrogen and oxygen atoms in total. The third-order valence-electron chi connectivity index (χ3n) is 6.80. The summed E-state index contributed by atoms with van der Waals surface area (Å²) in [5.74, 6) is 0.220. The number of rotatable bonds is 11. The number of carbonyl (C=O) groups is 1. The van der Waals surface area contributed by atoms with Crippen molar-refractivity contribution in [3.8, 4) is 23.0 Å². The molecule has 1 fully saturated rings. The van der Waals surface area contributed by atoms with Crippen LogP contribution in [0.5, 0.6) is 23.0 Å². The number of nitrogens with one attached hydrogen (secondary N) is 2. The lowest BCUT2D eigenvalue weighted by Crippen LogP contribution is -2.24. The van der Waals surface area contributed by atoms with Crippen LogP contribution in [0.2, 0.25) is 5.02 Å². The van der Waals surface area contributed by atoms with Crippen molar-refractivity contribution in [3.05, 3.63) is 83.0 Å². The molecule has 1 aromatic heterocycles. The van der Waals surface area contributed by atoms with Crippen molar-refractivity contribution in [2.45, 2.75) is 19.3 Å². The number of likely N-dealkylation sites (tertiary alicyclic amines) is 1. The second-order valence-corrected chi connectivity index (χ2v) is 10.2. The van der Waals surface area contributed by atoms with Crippen molar-refractivity contribution in [1.29, 1.82) is 0 Å². The third-order valence-corrected chi connectivity index (χ3v) is 7.13. The number of carbonyl (C=O) groups excluding carboxylic acids is 1. The Kier molecular flexibility index (Phi) is 9.85. The smallest absolute Gasteiger partial charge is 0.339 e. The highest BCUT2D eigenvalue weighted by Gasteiger charge is 2.15. The van der Waals surface area contributed by atoms with Crippen molar-refractivity contribution >= 4 is 40.4 Å². The molecule has 1 aliphatic rings. The average molecular weight is 610 g/mol. The molecular formula is C31H30ClF2N5O4. The van der Waals surface area contributed by atoms with Gasteiger partial charge >= 0.3 is 6.03 Å². The van der Waals surface area contributed by atoms with Gasteiger partial charge in [0.15, 0.2) is 23.1 Å². The van der Waals surface area contributed by atoms with Gasteiger partial charge in [-0.3, -0.25) is 4.98 Å². The summed E-state index contributed by atoms with van der Waals surface area (Å²) in [7, 11) is 1.56. The number of halogens is 3. The van der Waals surface area contributed by atoms with E-state index in [9.17, 15) is 13.6 Å². The molecular weight excluding hydrogens is 580 g/mol. The summed E-state index contributed by atoms with van der Waals surface area (Å²) in [5.41, 5.74) is 3.43. The minimum absolute atomic E-state index is 0.0522. The van der Waals surface area contributed by atoms with Crippen LogP contribution in [0.4, 0.5) is 19.3 Å². The summed E-state index contributed by atoms with van der Waals surface area (Å²) in [6.45, 7) is 3.84. The maximum atomic E-state index is 15.0. The molecule has 0 spiro atoms. The molecule has 1 aliphatic heterocycles. The van der Waals surface area contributed by atoms with Crippen LogP contribution >= 0.6 is 11.6 Å². The van der Waals surface area contributed by atoms with Crippen LogP contribution in [0.1, 0.15) is 24.8 Å². The van der Waals surface area contributed by atoms with Gasteiger partial charge in [-0.25, -0.2) is 19.0 Å². The van der Waals surface area contributed by atoms with Crippen LogP contribution < -0.4 is 25.0 Å². The molecule has 0 atom stereocenters. The SMILES string of the molecule is COc1cc2c(Oc3ccc(NC(=O)N/N=C/c4ccc(F)cc4Cl)cc3F)ccnc2cc1OCCCN1CCCC1. The number of hydrogen-bond acceptors (Lipinski definition) is 7. The highest BCUT2D eigenvalue weighted by atomic mass is 35.5. The number of amides is 2. The minimum atomic E-state index is -0.719. The predicted molar refractivity (Wildman–Crippen MR) is 162 cm³/mol. The maximum absolute atomic E-state index is 15.0. The van der Waals surface area contributed by atoms with Crippen LogP contribution in [0.15, 0.2) is 65.9 Å². The van der Waals surface area contributed by atoms with Crippen molar-refractivity contribution in [2.24, 2.45) is 5.10 Å². The molecule has 0 aliphatic carbocycles. The Balaban J connectivity index is 1.21. The number of methoxy groups -OCH3 is 1. The molecule has 43 heavy (non-hydrogen) atoms. The molecule has 1 saturated heterocycles. The normalized spacial score (nSPS) is 13.4. The number of hydrogen-bond donors (Lipinski definition) is 2. The van der Waals surface area contributed by atoms with E-state index in [4.69, 9.17) is 25.8 Å². The van der Waals surface area contributed by atoms with Crippen molar-refractivity contribution in [3.63, 3.8) is 0 Å². The molecule has 12 heteroatoms. The fourth-order valence-corrected chi connectivity index (χ4v) is 4.89. The number of anilines is 1. The Hall–Kier alpha value is -4.48. The van der Waals surface area contributed by atoms with Crippen LogP contribution in [0, 0.1) is 11.6 Å². The highest BCUT2D eigenvalue weighted by Crippen LogP contribution is 2.38. The van der Waals surface area contributed by atoms with Gasteiger partial charge in [0.05, 0.1) is 30.5 Å². The lowest BCUT2D eigenvalue weighted by Gasteiger charge is -2.16. The molecule has 2 heterocycles. The van der Waals surface area contributed by atoms with Gasteiger partial charge in [0.25, 0.3) is 0 Å². The summed E-state index contributed by atoms with van der Waals surface area (Å²) in [6.07, 6.45) is 6.24. The molecule has 0 radical (unpaired) electrons. The Morgan fingerprint density at radius 2 is 1.88 bits per heavy atom. The summed E-state index contributed by atoms with van der Waals surface area (Å²) in [6, 6.07) is 12.2. The zero-order valence-corrected chi connectivity index (χ0v) is 24.2. The minimum Gasteiger partial charge on any atom is -0.493 e. The number of benzene rings is 3. The van der Waals surface area contributed by atoms with Gasteiger partial charge < -0.3 is 24.4 Å². The summed E-state index contributed by atoms with van der Waals surface area (Å²) >= 11 is 5.93. The predicted octanol–water partition coefficient (Wildman–Crippen LogP) is 6.99. The Bertz CT molecular complexity index is 1630. The maximum Gasteiger partial charge on any atom is 0.339 e. The van der Waals surface area contributed by atoms with Crippen LogP contribution in [0.3, 0.4) is 0 Å². The van der Waals surface area contributed by atoms with E-state index in [1.807, 2.05) is 0 Å². The van der Waals surface area contributed by atoms with Gasteiger partial charge in [-0.15, -0.1) is 0 Å². The monoisotopic (exact) mass is 609 g/mol. The van der Waals surface area contributed by atoms with E-state index in [0.717, 1.165) is 38.2 Å². The van der Waals surface area contributed by atoms with E-state index in [1.54, 1.807) is 31.5 Å². The van der Waals surface area contributed by atoms with E-state index in [1.165, 1.54) is 43.3 Å². The Labute approximate surface area is 252 Å². The third kappa shape index (κ3) is 7.88. The number of pyridine rings is 1. The molecule has 4 aromatic rings. The summed E-state index contributed by atoms with van der Waals surface area (Å²) in [4.78, 5) is 19.1. The number of urea groups is 1. The molecule has 0 unspecified atom stereocenters. The molecule has 2 N–H and O–H groups in total. The first-order valence-electron chi connectivity index (χ1n) is 13.7. The van der Waals surface area contributed by atoms with E-state index in [2.05, 4.69) is 25.7 Å². The summed E-state index contributed by atoms with van der Waals surface area (Å²) < 4.78 is 45.6. The number of nitrogens with zero attached hydrogens (tertiary/aromatic N) is 3. The standard InChI is InChI=1S/C31H30ClF2N5O4/c1-41-29-17-23-26(18-30(29)42-14-4-13-39-11-2-3-12-39)35-10-9-27(23)43-28-8-7-22(16-25(28)34)37-31(40)38-36-19-20-5-6-21(33)15-24(20)32/h5-10,15-19H,2-4,11-14H2,1H3,(H2,37,38,40)/b36-19+. The first-order valence-corrected chi connectivity index (χ1v) is 14.1. The quantitative estimate of drug-likeness (QED) is 0.108. The summed E-state index contributed by atoms with van der Waals surface area (Å²) in [5, 5.41) is 7.00. The van der Waals surface area contributed by atoms with Crippen molar-refractivity contribution < 1.29 is 27.8 Å². The number of aromatic nitrogens is 1. The fourth-order valence-electron chi connectivity index (χ4n) is 4.67. The molecule has 224 valence electrons.